The molecule has 126 valence electrons. The molecule has 24 heavy (non-hydrogen) atoms. The number of hydrogen-bond acceptors (Lipinski definition) is 4. The molecule has 0 aliphatic carbocycles. The molecule has 1 aromatic heterocycles. The molecule has 1 amide bonds. The molecule has 5 heteroatoms. The van der Waals surface area contributed by atoms with E-state index in [0.717, 1.165) is 13.0 Å². The first-order valence-electron chi connectivity index (χ1n) is 8.46. The highest BCUT2D eigenvalue weighted by Crippen LogP contribution is 2.22. The van der Waals surface area contributed by atoms with Crippen LogP contribution in [-0.4, -0.2) is 30.0 Å². The van der Waals surface area contributed by atoms with Gasteiger partial charge in [0.15, 0.2) is 0 Å². The fraction of sp³-hybridized carbons (Fsp3) is 0.368. The maximum absolute atomic E-state index is 12.6. The normalized spacial score (nSPS) is 16.5. The second-order valence-corrected chi connectivity index (χ2v) is 6.36. The fourth-order valence-electron chi connectivity index (χ4n) is 3.04. The van der Waals surface area contributed by atoms with E-state index in [9.17, 15) is 4.79 Å². The van der Waals surface area contributed by atoms with E-state index in [-0.39, 0.29) is 18.0 Å². The van der Waals surface area contributed by atoms with Gasteiger partial charge in [-0.05, 0) is 50.1 Å². The number of anilines is 1. The van der Waals surface area contributed by atoms with Crippen LogP contribution in [-0.2, 0) is 6.42 Å². The van der Waals surface area contributed by atoms with Gasteiger partial charge in [-0.25, -0.2) is 4.98 Å². The highest BCUT2D eigenvalue weighted by molar-refractivity contribution is 5.98. The molecule has 0 saturated carbocycles. The minimum Gasteiger partial charge on any atom is -0.367 e. The van der Waals surface area contributed by atoms with Crippen molar-refractivity contribution in [2.75, 3.05) is 18.4 Å². The molecule has 1 atom stereocenters. The quantitative estimate of drug-likeness (QED) is 0.791. The highest BCUT2D eigenvalue weighted by atomic mass is 16.1. The van der Waals surface area contributed by atoms with E-state index in [0.29, 0.717) is 17.9 Å². The van der Waals surface area contributed by atoms with Gasteiger partial charge in [-0.2, -0.15) is 0 Å². The minimum absolute atomic E-state index is 0.101. The minimum atomic E-state index is -0.101. The lowest BCUT2D eigenvalue weighted by Crippen LogP contribution is -2.39. The number of aromatic nitrogens is 1. The first-order chi connectivity index (χ1) is 11.6. The van der Waals surface area contributed by atoms with Crippen LogP contribution >= 0.6 is 0 Å². The van der Waals surface area contributed by atoms with Crippen LogP contribution in [0, 0.1) is 0 Å². The lowest BCUT2D eigenvalue weighted by atomic mass is 9.94. The molecule has 5 nitrogen and oxygen atoms in total. The van der Waals surface area contributed by atoms with Gasteiger partial charge in [0.1, 0.15) is 5.82 Å². The van der Waals surface area contributed by atoms with Crippen molar-refractivity contribution in [2.45, 2.75) is 32.4 Å². The van der Waals surface area contributed by atoms with Crippen LogP contribution in [0.2, 0.25) is 0 Å². The van der Waals surface area contributed by atoms with E-state index >= 15 is 0 Å². The van der Waals surface area contributed by atoms with Crippen LogP contribution in [0.1, 0.15) is 41.4 Å². The van der Waals surface area contributed by atoms with E-state index < -0.39 is 0 Å². The van der Waals surface area contributed by atoms with Crippen molar-refractivity contribution in [3.8, 4) is 0 Å². The van der Waals surface area contributed by atoms with Gasteiger partial charge in [0, 0.05) is 24.8 Å². The summed E-state index contributed by atoms with van der Waals surface area (Å²) in [5, 5.41) is 9.75. The Balaban J connectivity index is 1.69. The average Bonchev–Trinajstić information content (AvgIpc) is 2.59. The maximum atomic E-state index is 12.6. The molecule has 1 aliphatic rings. The molecule has 0 fully saturated rings. The molecule has 1 unspecified atom stereocenters. The van der Waals surface area contributed by atoms with Gasteiger partial charge < -0.3 is 16.0 Å². The Labute approximate surface area is 142 Å². The molecule has 0 radical (unpaired) electrons. The summed E-state index contributed by atoms with van der Waals surface area (Å²) < 4.78 is 0. The van der Waals surface area contributed by atoms with Gasteiger partial charge in [-0.15, -0.1) is 0 Å². The zero-order valence-electron chi connectivity index (χ0n) is 14.2. The molecule has 1 aromatic carbocycles. The zero-order chi connectivity index (χ0) is 16.9. The molecular formula is C19H24N4O. The molecule has 3 rings (SSSR count). The Kier molecular flexibility index (Phi) is 5.11. The van der Waals surface area contributed by atoms with Gasteiger partial charge in [-0.1, -0.05) is 24.3 Å². The van der Waals surface area contributed by atoms with Crippen LogP contribution in [0.4, 0.5) is 5.82 Å². The summed E-state index contributed by atoms with van der Waals surface area (Å²) in [6.07, 6.45) is 2.73. The van der Waals surface area contributed by atoms with Gasteiger partial charge in [0.2, 0.25) is 0 Å². The summed E-state index contributed by atoms with van der Waals surface area (Å²) >= 11 is 0. The number of nitrogens with zero attached hydrogens (tertiary/aromatic N) is 1. The summed E-state index contributed by atoms with van der Waals surface area (Å²) in [6, 6.07) is 12.4. The van der Waals surface area contributed by atoms with Crippen molar-refractivity contribution in [2.24, 2.45) is 0 Å². The van der Waals surface area contributed by atoms with E-state index in [1.54, 1.807) is 18.3 Å². The Bertz CT molecular complexity index is 714. The third-order valence-corrected chi connectivity index (χ3v) is 4.16. The third-order valence-electron chi connectivity index (χ3n) is 4.16. The number of carbonyl (C=O) groups is 1. The second kappa shape index (κ2) is 7.45. The topological polar surface area (TPSA) is 66.0 Å². The molecule has 0 spiro atoms. The Morgan fingerprint density at radius 1 is 1.29 bits per heavy atom. The van der Waals surface area contributed by atoms with Gasteiger partial charge >= 0.3 is 0 Å². The lowest BCUT2D eigenvalue weighted by molar-refractivity contribution is 0.0949. The number of amides is 1. The summed E-state index contributed by atoms with van der Waals surface area (Å²) in [6.45, 7) is 5.55. The summed E-state index contributed by atoms with van der Waals surface area (Å²) in [5.41, 5.74) is 3.21. The number of rotatable bonds is 5. The van der Waals surface area contributed by atoms with Gasteiger partial charge in [-0.3, -0.25) is 4.79 Å². The van der Waals surface area contributed by atoms with Crippen LogP contribution in [0.3, 0.4) is 0 Å². The number of carbonyl (C=O) groups excluding carboxylic acids is 1. The Morgan fingerprint density at radius 3 is 2.96 bits per heavy atom. The zero-order valence-corrected chi connectivity index (χ0v) is 14.2. The fourth-order valence-corrected chi connectivity index (χ4v) is 3.04. The first kappa shape index (κ1) is 16.5. The van der Waals surface area contributed by atoms with Crippen molar-refractivity contribution < 1.29 is 4.79 Å². The van der Waals surface area contributed by atoms with Crippen LogP contribution in [0.15, 0.2) is 42.6 Å². The number of hydrogen-bond donors (Lipinski definition) is 3. The molecule has 2 aromatic rings. The number of fused-ring (bicyclic) bond motifs is 1. The van der Waals surface area contributed by atoms with E-state index in [1.807, 2.05) is 19.9 Å². The van der Waals surface area contributed by atoms with Crippen LogP contribution in [0.25, 0.3) is 0 Å². The van der Waals surface area contributed by atoms with Crippen LogP contribution in [0.5, 0.6) is 0 Å². The summed E-state index contributed by atoms with van der Waals surface area (Å²) in [5.74, 6) is 0.526. The SMILES string of the molecule is CC(C)Nc1ncccc1C(=O)NCC1NCCc2ccccc21. The van der Waals surface area contributed by atoms with Crippen molar-refractivity contribution in [3.63, 3.8) is 0 Å². The second-order valence-electron chi connectivity index (χ2n) is 6.36. The van der Waals surface area contributed by atoms with Crippen molar-refractivity contribution in [3.05, 3.63) is 59.3 Å². The standard InChI is InChI=1S/C19H24N4O/c1-13(2)23-18-16(8-5-10-21-18)19(24)22-12-17-15-7-4-3-6-14(15)9-11-20-17/h3-8,10,13,17,20H,9,11-12H2,1-2H3,(H,21,23)(H,22,24). The average molecular weight is 324 g/mol. The summed E-state index contributed by atoms with van der Waals surface area (Å²) in [7, 11) is 0. The van der Waals surface area contributed by atoms with Gasteiger partial charge in [0.25, 0.3) is 5.91 Å². The smallest absolute Gasteiger partial charge is 0.255 e. The number of benzene rings is 1. The third kappa shape index (κ3) is 3.74. The summed E-state index contributed by atoms with van der Waals surface area (Å²) in [4.78, 5) is 16.9. The first-order valence-corrected chi connectivity index (χ1v) is 8.46. The van der Waals surface area contributed by atoms with Crippen molar-refractivity contribution in [1.29, 1.82) is 0 Å². The molecule has 3 N–H and O–H groups in total. The largest absolute Gasteiger partial charge is 0.367 e. The highest BCUT2D eigenvalue weighted by Gasteiger charge is 2.20. The predicted octanol–water partition coefficient (Wildman–Crippen LogP) is 2.52. The van der Waals surface area contributed by atoms with E-state index in [4.69, 9.17) is 0 Å². The van der Waals surface area contributed by atoms with Crippen LogP contribution < -0.4 is 16.0 Å². The lowest BCUT2D eigenvalue weighted by Gasteiger charge is -2.27. The molecule has 0 bridgehead atoms. The number of nitrogens with one attached hydrogen (secondary N) is 3. The van der Waals surface area contributed by atoms with E-state index in [1.165, 1.54) is 11.1 Å². The Hall–Kier alpha value is -2.40. The molecular weight excluding hydrogens is 300 g/mol. The van der Waals surface area contributed by atoms with E-state index in [2.05, 4.69) is 39.1 Å². The maximum Gasteiger partial charge on any atom is 0.255 e. The monoisotopic (exact) mass is 324 g/mol. The van der Waals surface area contributed by atoms with Gasteiger partial charge in [0.05, 0.1) is 5.56 Å². The molecule has 0 saturated heterocycles. The van der Waals surface area contributed by atoms with Crippen molar-refractivity contribution in [1.82, 2.24) is 15.6 Å². The van der Waals surface area contributed by atoms with Crippen molar-refractivity contribution >= 4 is 11.7 Å². The number of pyridine rings is 1. The molecule has 1 aliphatic heterocycles. The molecule has 2 heterocycles. The Morgan fingerprint density at radius 2 is 2.12 bits per heavy atom. The predicted molar refractivity (Wildman–Crippen MR) is 96.2 cm³/mol.